The normalized spacial score (nSPS) is 20.8. The Morgan fingerprint density at radius 1 is 1.77 bits per heavy atom. The third-order valence-corrected chi connectivity index (χ3v) is 1.97. The van der Waals surface area contributed by atoms with Gasteiger partial charge in [-0.05, 0) is 0 Å². The highest BCUT2D eigenvalue weighted by Gasteiger charge is 2.20. The molecule has 2 heterocycles. The third kappa shape index (κ3) is 1.56. The van der Waals surface area contributed by atoms with E-state index in [4.69, 9.17) is 9.94 Å². The number of quaternary nitrogens is 1. The molecule has 1 aliphatic heterocycles. The second kappa shape index (κ2) is 2.78. The summed E-state index contributed by atoms with van der Waals surface area (Å²) in [6, 6.07) is 1.56. The van der Waals surface area contributed by atoms with Crippen LogP contribution in [0.5, 0.6) is 0 Å². The summed E-state index contributed by atoms with van der Waals surface area (Å²) >= 11 is 0. The molecular weight excluding hydrogens is 174 g/mol. The molecule has 0 saturated heterocycles. The van der Waals surface area contributed by atoms with Crippen molar-refractivity contribution in [3.05, 3.63) is 17.0 Å². The van der Waals surface area contributed by atoms with Crippen molar-refractivity contribution in [2.24, 2.45) is 0 Å². The number of hydrogen-bond donors (Lipinski definition) is 1. The van der Waals surface area contributed by atoms with Gasteiger partial charge in [0, 0.05) is 6.07 Å². The first kappa shape index (κ1) is 8.64. The van der Waals surface area contributed by atoms with E-state index in [-0.39, 0.29) is 5.82 Å². The molecule has 13 heavy (non-hydrogen) atoms. The number of aromatic nitrogens is 2. The minimum absolute atomic E-state index is 0.0977. The Labute approximate surface area is 75.1 Å². The molecule has 1 unspecified atom stereocenters. The minimum atomic E-state index is -1.49. The average Bonchev–Trinajstić information content (AvgIpc) is 2.45. The van der Waals surface area contributed by atoms with E-state index in [1.807, 2.05) is 0 Å². The largest absolute Gasteiger partial charge is 0.592 e. The first-order valence-electron chi connectivity index (χ1n) is 4.03. The molecule has 0 aromatic carbocycles. The Kier molecular flexibility index (Phi) is 1.85. The van der Waals surface area contributed by atoms with Crippen molar-refractivity contribution >= 4 is 5.82 Å². The quantitative estimate of drug-likeness (QED) is 0.502. The van der Waals surface area contributed by atoms with Crippen LogP contribution < -0.4 is 4.81 Å². The molecule has 0 aliphatic carbocycles. The van der Waals surface area contributed by atoms with Gasteiger partial charge in [-0.1, -0.05) is 0 Å². The molecule has 1 aromatic rings. The van der Waals surface area contributed by atoms with Gasteiger partial charge in [-0.15, -0.1) is 5.10 Å². The summed E-state index contributed by atoms with van der Waals surface area (Å²) in [7, 11) is 1.12. The Morgan fingerprint density at radius 2 is 2.54 bits per heavy atom. The highest BCUT2D eigenvalue weighted by Crippen LogP contribution is 2.19. The van der Waals surface area contributed by atoms with E-state index in [0.717, 1.165) is 12.7 Å². The van der Waals surface area contributed by atoms with E-state index in [0.29, 0.717) is 19.8 Å². The van der Waals surface area contributed by atoms with E-state index >= 15 is 0 Å². The van der Waals surface area contributed by atoms with Crippen molar-refractivity contribution in [2.75, 3.05) is 13.7 Å². The third-order valence-electron chi connectivity index (χ3n) is 1.97. The van der Waals surface area contributed by atoms with Crippen molar-refractivity contribution in [3.63, 3.8) is 0 Å². The Balaban J connectivity index is 2.36. The predicted octanol–water partition coefficient (Wildman–Crippen LogP) is 0.237. The molecule has 1 aromatic heterocycles. The van der Waals surface area contributed by atoms with Crippen LogP contribution in [0.1, 0.15) is 5.69 Å². The van der Waals surface area contributed by atoms with E-state index in [9.17, 15) is 5.21 Å². The van der Waals surface area contributed by atoms with Gasteiger partial charge >= 0.3 is 0 Å². The molecule has 2 rings (SSSR count). The van der Waals surface area contributed by atoms with Gasteiger partial charge in [0.05, 0.1) is 25.5 Å². The van der Waals surface area contributed by atoms with Crippen LogP contribution in [0.25, 0.3) is 0 Å². The van der Waals surface area contributed by atoms with Crippen LogP contribution >= 0.6 is 0 Å². The van der Waals surface area contributed by atoms with Crippen LogP contribution in [0, 0.1) is 5.21 Å². The Morgan fingerprint density at radius 3 is 3.15 bits per heavy atom. The van der Waals surface area contributed by atoms with Crippen LogP contribution in [-0.2, 0) is 17.9 Å². The maximum absolute atomic E-state index is 11.1. The van der Waals surface area contributed by atoms with Gasteiger partial charge in [-0.2, -0.15) is 4.81 Å². The molecule has 1 atom stereocenters. The summed E-state index contributed by atoms with van der Waals surface area (Å²) in [5.41, 5.74) is 0.829. The van der Waals surface area contributed by atoms with E-state index in [1.165, 1.54) is 0 Å². The summed E-state index contributed by atoms with van der Waals surface area (Å²) in [6.07, 6.45) is 0. The van der Waals surface area contributed by atoms with E-state index in [1.54, 1.807) is 10.7 Å². The fourth-order valence-electron chi connectivity index (χ4n) is 1.28. The zero-order chi connectivity index (χ0) is 9.47. The smallest absolute Gasteiger partial charge is 0.279 e. The first-order chi connectivity index (χ1) is 6.07. The lowest BCUT2D eigenvalue weighted by Crippen LogP contribution is -2.34. The molecule has 0 fully saturated rings. The lowest BCUT2D eigenvalue weighted by Gasteiger charge is -2.24. The van der Waals surface area contributed by atoms with Crippen LogP contribution in [0.3, 0.4) is 0 Å². The SMILES string of the molecule is C[N+]([O-])(O)c1cc2n(n1)CCOC2. The van der Waals surface area contributed by atoms with Gasteiger partial charge in [-0.25, -0.2) is 5.21 Å². The molecule has 1 N–H and O–H groups in total. The van der Waals surface area contributed by atoms with Crippen molar-refractivity contribution in [2.45, 2.75) is 13.2 Å². The maximum atomic E-state index is 11.1. The molecule has 0 saturated carbocycles. The number of rotatable bonds is 1. The highest BCUT2D eigenvalue weighted by molar-refractivity contribution is 5.33. The van der Waals surface area contributed by atoms with Crippen LogP contribution in [0.2, 0.25) is 0 Å². The topological polar surface area (TPSA) is 70.3 Å². The van der Waals surface area contributed by atoms with Crippen molar-refractivity contribution < 1.29 is 9.94 Å². The van der Waals surface area contributed by atoms with Gasteiger partial charge < -0.3 is 9.94 Å². The van der Waals surface area contributed by atoms with E-state index < -0.39 is 4.81 Å². The molecule has 0 bridgehead atoms. The van der Waals surface area contributed by atoms with Crippen molar-refractivity contribution in [1.29, 1.82) is 0 Å². The second-order valence-corrected chi connectivity index (χ2v) is 3.15. The zero-order valence-electron chi connectivity index (χ0n) is 7.30. The van der Waals surface area contributed by atoms with E-state index in [2.05, 4.69) is 5.10 Å². The minimum Gasteiger partial charge on any atom is -0.592 e. The average molecular weight is 185 g/mol. The lowest BCUT2D eigenvalue weighted by atomic mass is 10.4. The number of fused-ring (bicyclic) bond motifs is 1. The van der Waals surface area contributed by atoms with Crippen molar-refractivity contribution in [1.82, 2.24) is 14.6 Å². The highest BCUT2D eigenvalue weighted by atomic mass is 16.8. The summed E-state index contributed by atoms with van der Waals surface area (Å²) in [4.78, 5) is -1.49. The van der Waals surface area contributed by atoms with Gasteiger partial charge in [0.2, 0.25) is 0 Å². The summed E-state index contributed by atoms with van der Waals surface area (Å²) in [6.45, 7) is 1.68. The van der Waals surface area contributed by atoms with Crippen LogP contribution in [0.4, 0.5) is 5.82 Å². The molecule has 0 radical (unpaired) electrons. The molecule has 6 nitrogen and oxygen atoms in total. The van der Waals surface area contributed by atoms with Gasteiger partial charge in [-0.3, -0.25) is 4.68 Å². The fraction of sp³-hybridized carbons (Fsp3) is 0.571. The molecule has 0 amide bonds. The van der Waals surface area contributed by atoms with Crippen LogP contribution in [-0.4, -0.2) is 28.6 Å². The van der Waals surface area contributed by atoms with Gasteiger partial charge in [0.15, 0.2) is 0 Å². The van der Waals surface area contributed by atoms with Gasteiger partial charge in [0.25, 0.3) is 5.82 Å². The summed E-state index contributed by atoms with van der Waals surface area (Å²) in [5, 5.41) is 24.2. The predicted molar refractivity (Wildman–Crippen MR) is 44.8 cm³/mol. The Bertz CT molecular complexity index is 292. The molecule has 6 heteroatoms. The molecular formula is C7H11N3O3. The molecule has 1 aliphatic rings. The number of hydrogen-bond acceptors (Lipinski definition) is 4. The molecule has 0 spiro atoms. The fourth-order valence-corrected chi connectivity index (χ4v) is 1.28. The van der Waals surface area contributed by atoms with Crippen LogP contribution in [0.15, 0.2) is 6.07 Å². The monoisotopic (exact) mass is 185 g/mol. The number of hydroxylamine groups is 2. The first-order valence-corrected chi connectivity index (χ1v) is 4.03. The lowest BCUT2D eigenvalue weighted by molar-refractivity contribution is -0.00850. The summed E-state index contributed by atoms with van der Waals surface area (Å²) < 4.78 is 6.85. The second-order valence-electron chi connectivity index (χ2n) is 3.15. The van der Waals surface area contributed by atoms with Gasteiger partial charge in [0.1, 0.15) is 7.05 Å². The summed E-state index contributed by atoms with van der Waals surface area (Å²) in [5.74, 6) is 0.0977. The zero-order valence-corrected chi connectivity index (χ0v) is 7.30. The Hall–Kier alpha value is -0.950. The number of ether oxygens (including phenoxy) is 1. The maximum Gasteiger partial charge on any atom is 0.279 e. The molecule has 72 valence electrons. The van der Waals surface area contributed by atoms with Crippen molar-refractivity contribution in [3.8, 4) is 0 Å². The standard InChI is InChI=1S/C7H11N3O3/c1-10(11,12)7-4-6-5-13-3-2-9(6)8-7/h4,11H,2-3,5H2,1H3. The number of nitrogens with zero attached hydrogens (tertiary/aromatic N) is 3.